The molecule has 0 saturated carbocycles. The van der Waals surface area contributed by atoms with Crippen LogP contribution in [0.25, 0.3) is 0 Å². The zero-order valence-electron chi connectivity index (χ0n) is 13.6. The number of hydrogen-bond donors (Lipinski definition) is 2. The molecule has 0 aliphatic carbocycles. The van der Waals surface area contributed by atoms with Crippen LogP contribution in [-0.2, 0) is 5.75 Å². The molecule has 1 aromatic carbocycles. The van der Waals surface area contributed by atoms with Crippen molar-refractivity contribution in [3.8, 4) is 0 Å². The molecule has 22 heavy (non-hydrogen) atoms. The SMILES string of the molecule is Cc1c(CSC(C)C)cccc1NC(=O)N1CCCC1CO. The van der Waals surface area contributed by atoms with Gasteiger partial charge in [0, 0.05) is 18.0 Å². The predicted octanol–water partition coefficient (Wildman–Crippen LogP) is 3.63. The van der Waals surface area contributed by atoms with Crippen molar-refractivity contribution in [2.45, 2.75) is 50.7 Å². The van der Waals surface area contributed by atoms with Crippen LogP contribution in [0, 0.1) is 6.92 Å². The van der Waals surface area contributed by atoms with E-state index in [1.807, 2.05) is 23.9 Å². The Balaban J connectivity index is 2.06. The van der Waals surface area contributed by atoms with Crippen molar-refractivity contribution in [3.63, 3.8) is 0 Å². The summed E-state index contributed by atoms with van der Waals surface area (Å²) in [5.41, 5.74) is 3.26. The molecule has 2 N–H and O–H groups in total. The second-order valence-electron chi connectivity index (χ2n) is 6.05. The number of likely N-dealkylation sites (tertiary alicyclic amines) is 1. The average Bonchev–Trinajstić information content (AvgIpc) is 2.96. The van der Waals surface area contributed by atoms with E-state index < -0.39 is 0 Å². The van der Waals surface area contributed by atoms with Gasteiger partial charge in [-0.05, 0) is 42.2 Å². The summed E-state index contributed by atoms with van der Waals surface area (Å²) in [6, 6.07) is 5.91. The highest BCUT2D eigenvalue weighted by Gasteiger charge is 2.28. The Morgan fingerprint density at radius 2 is 2.27 bits per heavy atom. The molecule has 1 aromatic rings. The van der Waals surface area contributed by atoms with Crippen LogP contribution in [0.2, 0.25) is 0 Å². The lowest BCUT2D eigenvalue weighted by atomic mass is 10.1. The zero-order valence-corrected chi connectivity index (χ0v) is 14.4. The fourth-order valence-corrected chi connectivity index (χ4v) is 3.54. The van der Waals surface area contributed by atoms with Crippen LogP contribution in [0.3, 0.4) is 0 Å². The van der Waals surface area contributed by atoms with E-state index in [2.05, 4.69) is 32.2 Å². The van der Waals surface area contributed by atoms with E-state index >= 15 is 0 Å². The minimum Gasteiger partial charge on any atom is -0.394 e. The lowest BCUT2D eigenvalue weighted by Crippen LogP contribution is -2.40. The van der Waals surface area contributed by atoms with E-state index in [9.17, 15) is 9.90 Å². The highest BCUT2D eigenvalue weighted by atomic mass is 32.2. The van der Waals surface area contributed by atoms with Crippen LogP contribution < -0.4 is 5.32 Å². The Morgan fingerprint density at radius 1 is 1.50 bits per heavy atom. The molecule has 1 fully saturated rings. The minimum absolute atomic E-state index is 0.0392. The quantitative estimate of drug-likeness (QED) is 0.870. The monoisotopic (exact) mass is 322 g/mol. The van der Waals surface area contributed by atoms with E-state index in [1.54, 1.807) is 4.90 Å². The molecule has 1 aliphatic rings. The molecule has 0 aromatic heterocycles. The summed E-state index contributed by atoms with van der Waals surface area (Å²) in [4.78, 5) is 14.2. The van der Waals surface area contributed by atoms with E-state index in [1.165, 1.54) is 5.56 Å². The maximum absolute atomic E-state index is 12.4. The van der Waals surface area contributed by atoms with Gasteiger partial charge in [-0.1, -0.05) is 26.0 Å². The van der Waals surface area contributed by atoms with Gasteiger partial charge in [-0.3, -0.25) is 0 Å². The first-order chi connectivity index (χ1) is 10.5. The fourth-order valence-electron chi connectivity index (χ4n) is 2.71. The second kappa shape index (κ2) is 7.88. The zero-order chi connectivity index (χ0) is 16.1. The second-order valence-corrected chi connectivity index (χ2v) is 7.62. The molecular formula is C17H26N2O2S. The van der Waals surface area contributed by atoms with Gasteiger partial charge in [0.2, 0.25) is 0 Å². The molecule has 122 valence electrons. The predicted molar refractivity (Wildman–Crippen MR) is 93.4 cm³/mol. The number of thioether (sulfide) groups is 1. The Kier molecular flexibility index (Phi) is 6.15. The molecule has 1 saturated heterocycles. The summed E-state index contributed by atoms with van der Waals surface area (Å²) in [6.45, 7) is 7.19. The van der Waals surface area contributed by atoms with Gasteiger partial charge in [0.05, 0.1) is 12.6 Å². The van der Waals surface area contributed by atoms with Gasteiger partial charge in [0.15, 0.2) is 0 Å². The molecule has 2 rings (SSSR count). The topological polar surface area (TPSA) is 52.6 Å². The van der Waals surface area contributed by atoms with Gasteiger partial charge in [-0.15, -0.1) is 0 Å². The smallest absolute Gasteiger partial charge is 0.322 e. The van der Waals surface area contributed by atoms with Gasteiger partial charge >= 0.3 is 6.03 Å². The van der Waals surface area contributed by atoms with Gasteiger partial charge in [0.25, 0.3) is 0 Å². The van der Waals surface area contributed by atoms with Crippen LogP contribution >= 0.6 is 11.8 Å². The summed E-state index contributed by atoms with van der Waals surface area (Å²) in [5, 5.41) is 12.9. The summed E-state index contributed by atoms with van der Waals surface area (Å²) in [5.74, 6) is 0.955. The van der Waals surface area contributed by atoms with Crippen LogP contribution in [-0.4, -0.2) is 40.5 Å². The lowest BCUT2D eigenvalue weighted by molar-refractivity contribution is 0.166. The van der Waals surface area contributed by atoms with Crippen molar-refractivity contribution in [2.24, 2.45) is 0 Å². The molecule has 0 bridgehead atoms. The maximum Gasteiger partial charge on any atom is 0.322 e. The number of amides is 2. The third-order valence-corrected chi connectivity index (χ3v) is 5.25. The van der Waals surface area contributed by atoms with E-state index in [0.29, 0.717) is 5.25 Å². The number of urea groups is 1. The van der Waals surface area contributed by atoms with Crippen LogP contribution in [0.1, 0.15) is 37.8 Å². The summed E-state index contributed by atoms with van der Waals surface area (Å²) in [6.07, 6.45) is 1.84. The van der Waals surface area contributed by atoms with Crippen LogP contribution in [0.15, 0.2) is 18.2 Å². The molecule has 0 spiro atoms. The highest BCUT2D eigenvalue weighted by Crippen LogP contribution is 2.26. The molecular weight excluding hydrogens is 296 g/mol. The Morgan fingerprint density at radius 3 is 2.95 bits per heavy atom. The van der Waals surface area contributed by atoms with Crippen molar-refractivity contribution in [2.75, 3.05) is 18.5 Å². The van der Waals surface area contributed by atoms with E-state index in [4.69, 9.17) is 0 Å². The third kappa shape index (κ3) is 4.17. The minimum atomic E-state index is -0.103. The number of nitrogens with zero attached hydrogens (tertiary/aromatic N) is 1. The number of carbonyl (C=O) groups is 1. The third-order valence-electron chi connectivity index (χ3n) is 4.11. The Labute approximate surface area is 137 Å². The number of aliphatic hydroxyl groups is 1. The molecule has 1 unspecified atom stereocenters. The van der Waals surface area contributed by atoms with E-state index in [-0.39, 0.29) is 18.7 Å². The first kappa shape index (κ1) is 17.2. The standard InChI is InChI=1S/C17H26N2O2S/c1-12(2)22-11-14-6-4-8-16(13(14)3)18-17(21)19-9-5-7-15(19)10-20/h4,6,8,12,15,20H,5,7,9-11H2,1-3H3,(H,18,21). The maximum atomic E-state index is 12.4. The molecule has 4 nitrogen and oxygen atoms in total. The van der Waals surface area contributed by atoms with Gasteiger partial charge in [0.1, 0.15) is 0 Å². The molecule has 0 radical (unpaired) electrons. The van der Waals surface area contributed by atoms with Crippen molar-refractivity contribution < 1.29 is 9.90 Å². The molecule has 1 heterocycles. The first-order valence-electron chi connectivity index (χ1n) is 7.91. The molecule has 2 amide bonds. The largest absolute Gasteiger partial charge is 0.394 e. The van der Waals surface area contributed by atoms with Gasteiger partial charge in [-0.2, -0.15) is 11.8 Å². The number of aliphatic hydroxyl groups excluding tert-OH is 1. The van der Waals surface area contributed by atoms with Crippen LogP contribution in [0.4, 0.5) is 10.5 Å². The van der Waals surface area contributed by atoms with Crippen molar-refractivity contribution >= 4 is 23.5 Å². The lowest BCUT2D eigenvalue weighted by Gasteiger charge is -2.24. The summed E-state index contributed by atoms with van der Waals surface area (Å²) in [7, 11) is 0. The molecule has 1 atom stereocenters. The average molecular weight is 322 g/mol. The van der Waals surface area contributed by atoms with Gasteiger partial charge < -0.3 is 15.3 Å². The number of carbonyl (C=O) groups excluding carboxylic acids is 1. The number of hydrogen-bond acceptors (Lipinski definition) is 3. The summed E-state index contributed by atoms with van der Waals surface area (Å²) < 4.78 is 0. The molecule has 1 aliphatic heterocycles. The molecule has 5 heteroatoms. The van der Waals surface area contributed by atoms with Crippen LogP contribution in [0.5, 0.6) is 0 Å². The number of nitrogens with one attached hydrogen (secondary N) is 1. The first-order valence-corrected chi connectivity index (χ1v) is 8.96. The number of rotatable bonds is 5. The summed E-state index contributed by atoms with van der Waals surface area (Å²) >= 11 is 1.90. The highest BCUT2D eigenvalue weighted by molar-refractivity contribution is 7.99. The Hall–Kier alpha value is -1.20. The van der Waals surface area contributed by atoms with Gasteiger partial charge in [-0.25, -0.2) is 4.79 Å². The normalized spacial score (nSPS) is 18.0. The van der Waals surface area contributed by atoms with Crippen molar-refractivity contribution in [1.82, 2.24) is 4.90 Å². The van der Waals surface area contributed by atoms with Crippen molar-refractivity contribution in [1.29, 1.82) is 0 Å². The van der Waals surface area contributed by atoms with E-state index in [0.717, 1.165) is 36.4 Å². The fraction of sp³-hybridized carbons (Fsp3) is 0.588. The number of anilines is 1. The van der Waals surface area contributed by atoms with Crippen molar-refractivity contribution in [3.05, 3.63) is 29.3 Å². The number of benzene rings is 1. The Bertz CT molecular complexity index is 519.